The van der Waals surface area contributed by atoms with Gasteiger partial charge in [-0.25, -0.2) is 13.1 Å². The highest BCUT2D eigenvalue weighted by atomic mass is 32.2. The molecule has 0 saturated heterocycles. The van der Waals surface area contributed by atoms with Gasteiger partial charge in [-0.1, -0.05) is 51.1 Å². The van der Waals surface area contributed by atoms with E-state index < -0.39 is 44.9 Å². The second-order valence-corrected chi connectivity index (χ2v) is 13.4. The number of hydrogen-bond donors (Lipinski definition) is 3. The minimum absolute atomic E-state index is 0. The van der Waals surface area contributed by atoms with Crippen molar-refractivity contribution in [1.82, 2.24) is 10.0 Å². The highest BCUT2D eigenvalue weighted by Gasteiger charge is 2.34. The minimum Gasteiger partial charge on any atom is -0.391 e. The van der Waals surface area contributed by atoms with Crippen LogP contribution in [0.3, 0.4) is 0 Å². The summed E-state index contributed by atoms with van der Waals surface area (Å²) in [6.07, 6.45) is 3.54. The fourth-order valence-electron chi connectivity index (χ4n) is 5.21. The van der Waals surface area contributed by atoms with E-state index in [0.717, 1.165) is 29.9 Å². The van der Waals surface area contributed by atoms with Crippen molar-refractivity contribution in [1.29, 1.82) is 0 Å². The molecule has 2 aromatic carbocycles. The summed E-state index contributed by atoms with van der Waals surface area (Å²) in [7, 11) is -5.35. The van der Waals surface area contributed by atoms with Crippen molar-refractivity contribution in [3.05, 3.63) is 42.5 Å². The number of amides is 1. The number of sulfonamides is 1. The van der Waals surface area contributed by atoms with Crippen LogP contribution < -0.4 is 10.0 Å². The zero-order valence-electron chi connectivity index (χ0n) is 20.9. The van der Waals surface area contributed by atoms with Crippen molar-refractivity contribution in [2.24, 2.45) is 17.8 Å². The van der Waals surface area contributed by atoms with Gasteiger partial charge in [0.2, 0.25) is 15.9 Å². The number of hydrogen-bond acceptors (Lipinski definition) is 5. The van der Waals surface area contributed by atoms with E-state index in [1.54, 1.807) is 12.1 Å². The van der Waals surface area contributed by atoms with Crippen LogP contribution in [0.4, 0.5) is 0 Å². The van der Waals surface area contributed by atoms with Crippen LogP contribution in [0.1, 0.15) is 49.3 Å². The average Bonchev–Trinajstić information content (AvgIpc) is 3.11. The van der Waals surface area contributed by atoms with Crippen LogP contribution in [0.2, 0.25) is 0 Å². The Balaban J connectivity index is 0.00000342. The molecule has 7 atom stereocenters. The van der Waals surface area contributed by atoms with Crippen molar-refractivity contribution >= 4 is 37.5 Å². The van der Waals surface area contributed by atoms with Gasteiger partial charge in [0.15, 0.2) is 0 Å². The molecule has 1 saturated carbocycles. The van der Waals surface area contributed by atoms with Gasteiger partial charge in [0, 0.05) is 7.75 Å². The highest BCUT2D eigenvalue weighted by molar-refractivity contribution is 7.89. The number of aliphatic hydroxyl groups excluding tert-OH is 1. The molecule has 4 unspecified atom stereocenters. The van der Waals surface area contributed by atoms with Crippen LogP contribution in [0.15, 0.2) is 47.4 Å². The lowest BCUT2D eigenvalue weighted by molar-refractivity contribution is -0.124. The summed E-state index contributed by atoms with van der Waals surface area (Å²) in [5.74, 6) is 0.766. The van der Waals surface area contributed by atoms with Gasteiger partial charge in [0.05, 0.1) is 35.0 Å². The molecule has 198 valence electrons. The first-order valence-corrected chi connectivity index (χ1v) is 15.5. The van der Waals surface area contributed by atoms with E-state index in [1.807, 2.05) is 37.3 Å². The zero-order chi connectivity index (χ0) is 25.8. The second kappa shape index (κ2) is 12.0. The number of carbonyl (C=O) groups excluding carboxylic acids is 1. The third kappa shape index (κ3) is 7.84. The quantitative estimate of drug-likeness (QED) is 0.413. The fraction of sp³-hybridized carbons (Fsp3) is 0.577. The first kappa shape index (κ1) is 27.8. The summed E-state index contributed by atoms with van der Waals surface area (Å²) in [6.45, 7) is 6.30. The van der Waals surface area contributed by atoms with Gasteiger partial charge >= 0.3 is 0 Å². The maximum atomic E-state index is 13.1. The Labute approximate surface area is 214 Å². The summed E-state index contributed by atoms with van der Waals surface area (Å²) in [5.41, 5.74) is 0. The van der Waals surface area contributed by atoms with Crippen LogP contribution in [0, 0.1) is 17.8 Å². The standard InChI is InChI=1S/C26H38N2O5S2.2H2/c1-5-23(25(29)15-21-13-17(2)12-18(21)3)27-26(30)24(28-35(4,32)33)16-34(31)22-11-10-19-8-6-7-9-20(19)14-22;;/h6-11,14,17-18,21,23-25,28-29H,5,12-13,15-16H2,1-4H3,(H,27,30);2*1H/t17?,18?,21?,23-,24+,25+,34?;;/m0../s1. The monoisotopic (exact) mass is 526 g/mol. The second-order valence-electron chi connectivity index (χ2n) is 10.1. The lowest BCUT2D eigenvalue weighted by Gasteiger charge is -2.28. The van der Waals surface area contributed by atoms with E-state index in [-0.39, 0.29) is 8.61 Å². The molecule has 1 amide bonds. The Hall–Kier alpha value is -1.81. The summed E-state index contributed by atoms with van der Waals surface area (Å²) < 4.78 is 39.4. The molecule has 1 fully saturated rings. The van der Waals surface area contributed by atoms with E-state index in [4.69, 9.17) is 0 Å². The number of carbonyl (C=O) groups is 1. The van der Waals surface area contributed by atoms with Gasteiger partial charge in [-0.2, -0.15) is 0 Å². The molecule has 3 rings (SSSR count). The first-order chi connectivity index (χ1) is 16.5. The molecule has 1 aliphatic carbocycles. The number of rotatable bonds is 11. The van der Waals surface area contributed by atoms with E-state index >= 15 is 0 Å². The van der Waals surface area contributed by atoms with Crippen LogP contribution >= 0.6 is 0 Å². The molecular formula is C26H42N2O5S2. The molecule has 0 spiro atoms. The Bertz CT molecular complexity index is 1160. The minimum atomic E-state index is -3.73. The third-order valence-electron chi connectivity index (χ3n) is 7.03. The van der Waals surface area contributed by atoms with Crippen LogP contribution in [-0.4, -0.2) is 53.8 Å². The Morgan fingerprint density at radius 1 is 1.17 bits per heavy atom. The molecular weight excluding hydrogens is 484 g/mol. The maximum absolute atomic E-state index is 13.1. The van der Waals surface area contributed by atoms with Gasteiger partial charge in [0.25, 0.3) is 0 Å². The van der Waals surface area contributed by atoms with Crippen molar-refractivity contribution in [2.45, 2.75) is 69.5 Å². The van der Waals surface area contributed by atoms with Crippen molar-refractivity contribution in [3.8, 4) is 0 Å². The molecule has 0 aromatic heterocycles. The molecule has 35 heavy (non-hydrogen) atoms. The summed E-state index contributed by atoms with van der Waals surface area (Å²) >= 11 is 0. The SMILES string of the molecule is CC[C@H](NC(=O)[C@@H](CS(=O)c1ccc2ccccc2c1)NS(C)(=O)=O)[C@H](O)CC1CC(C)CC1C.[HH].[HH]. The van der Waals surface area contributed by atoms with Crippen molar-refractivity contribution in [2.75, 3.05) is 12.0 Å². The molecule has 0 bridgehead atoms. The highest BCUT2D eigenvalue weighted by Crippen LogP contribution is 2.38. The molecule has 0 aliphatic heterocycles. The van der Waals surface area contributed by atoms with E-state index in [0.29, 0.717) is 35.5 Å². The molecule has 0 heterocycles. The molecule has 7 nitrogen and oxygen atoms in total. The Kier molecular flexibility index (Phi) is 9.48. The Morgan fingerprint density at radius 2 is 1.86 bits per heavy atom. The van der Waals surface area contributed by atoms with Gasteiger partial charge in [-0.3, -0.25) is 9.00 Å². The molecule has 9 heteroatoms. The molecule has 2 aromatic rings. The summed E-state index contributed by atoms with van der Waals surface area (Å²) in [6, 6.07) is 11.3. The molecule has 1 aliphatic rings. The normalized spacial score (nSPS) is 24.1. The van der Waals surface area contributed by atoms with Crippen molar-refractivity contribution < 1.29 is 25.4 Å². The number of aliphatic hydroxyl groups is 1. The third-order valence-corrected chi connectivity index (χ3v) is 9.16. The fourth-order valence-corrected chi connectivity index (χ4v) is 7.23. The molecule has 3 N–H and O–H groups in total. The van der Waals surface area contributed by atoms with E-state index in [1.165, 1.54) is 0 Å². The number of benzene rings is 2. The van der Waals surface area contributed by atoms with Crippen molar-refractivity contribution in [3.63, 3.8) is 0 Å². The first-order valence-electron chi connectivity index (χ1n) is 12.3. The van der Waals surface area contributed by atoms with Gasteiger partial charge < -0.3 is 10.4 Å². The average molecular weight is 527 g/mol. The topological polar surface area (TPSA) is 113 Å². The van der Waals surface area contributed by atoms with Crippen LogP contribution in [-0.2, 0) is 25.6 Å². The largest absolute Gasteiger partial charge is 0.391 e. The maximum Gasteiger partial charge on any atom is 0.239 e. The van der Waals surface area contributed by atoms with Gasteiger partial charge in [0.1, 0.15) is 6.04 Å². The zero-order valence-corrected chi connectivity index (χ0v) is 22.6. The van der Waals surface area contributed by atoms with Gasteiger partial charge in [-0.05, 0) is 66.3 Å². The number of fused-ring (bicyclic) bond motifs is 1. The lowest BCUT2D eigenvalue weighted by Crippen LogP contribution is -2.54. The Morgan fingerprint density at radius 3 is 2.46 bits per heavy atom. The van der Waals surface area contributed by atoms with E-state index in [2.05, 4.69) is 23.9 Å². The summed E-state index contributed by atoms with van der Waals surface area (Å²) in [5, 5.41) is 15.6. The number of nitrogens with one attached hydrogen (secondary N) is 2. The lowest BCUT2D eigenvalue weighted by atomic mass is 9.89. The van der Waals surface area contributed by atoms with Crippen LogP contribution in [0.25, 0.3) is 10.8 Å². The smallest absolute Gasteiger partial charge is 0.239 e. The van der Waals surface area contributed by atoms with E-state index in [9.17, 15) is 22.5 Å². The predicted octanol–water partition coefficient (Wildman–Crippen LogP) is 3.69. The summed E-state index contributed by atoms with van der Waals surface area (Å²) in [4.78, 5) is 13.7. The predicted molar refractivity (Wildman–Crippen MR) is 145 cm³/mol. The van der Waals surface area contributed by atoms with Crippen LogP contribution in [0.5, 0.6) is 0 Å². The van der Waals surface area contributed by atoms with Gasteiger partial charge in [-0.15, -0.1) is 0 Å². The molecule has 0 radical (unpaired) electrons.